The fraction of sp³-hybridized carbons (Fsp3) is 0.941. The molecule has 0 aromatic rings. The second-order valence-corrected chi connectivity index (χ2v) is 7.47. The molecule has 1 rings (SSSR count). The van der Waals surface area contributed by atoms with E-state index in [1.807, 2.05) is 20.8 Å². The first-order valence-corrected chi connectivity index (χ1v) is 8.52. The fourth-order valence-corrected chi connectivity index (χ4v) is 2.59. The van der Waals surface area contributed by atoms with Gasteiger partial charge in [0, 0.05) is 25.7 Å². The molecule has 1 amide bonds. The normalized spacial score (nSPS) is 17.9. The maximum Gasteiger partial charge on any atom is 0.407 e. The fourth-order valence-electron chi connectivity index (χ4n) is 2.59. The highest BCUT2D eigenvalue weighted by Crippen LogP contribution is 2.33. The Morgan fingerprint density at radius 1 is 1.32 bits per heavy atom. The van der Waals surface area contributed by atoms with Crippen molar-refractivity contribution in [2.75, 3.05) is 20.3 Å². The van der Waals surface area contributed by atoms with Crippen LogP contribution in [-0.4, -0.2) is 44.0 Å². The average Bonchev–Trinajstić information content (AvgIpc) is 3.16. The first kappa shape index (κ1) is 19.2. The molecule has 22 heavy (non-hydrogen) atoms. The third-order valence-electron chi connectivity index (χ3n) is 3.67. The Hall–Kier alpha value is -0.810. The molecule has 1 aliphatic carbocycles. The molecular weight excluding hydrogens is 280 g/mol. The Labute approximate surface area is 135 Å². The summed E-state index contributed by atoms with van der Waals surface area (Å²) in [6.07, 6.45) is 5.60. The van der Waals surface area contributed by atoms with E-state index >= 15 is 0 Å². The maximum atomic E-state index is 11.6. The quantitative estimate of drug-likeness (QED) is 0.608. The molecule has 0 saturated heterocycles. The van der Waals surface area contributed by atoms with Gasteiger partial charge in [-0.15, -0.1) is 0 Å². The number of nitrogens with one attached hydrogen (secondary N) is 2. The lowest BCUT2D eigenvalue weighted by atomic mass is 10.1. The van der Waals surface area contributed by atoms with E-state index in [1.54, 1.807) is 7.11 Å². The number of amides is 1. The maximum absolute atomic E-state index is 11.6. The SMILES string of the molecule is COCC(CCCNC(=O)OC(C)(C)C)NC(C)CC1CC1. The van der Waals surface area contributed by atoms with Crippen molar-refractivity contribution in [3.05, 3.63) is 0 Å². The standard InChI is InChI=1S/C17H34N2O3/c1-13(11-14-8-9-14)19-15(12-21-5)7-6-10-18-16(20)22-17(2,3)4/h13-15,19H,6-12H2,1-5H3,(H,18,20). The lowest BCUT2D eigenvalue weighted by Crippen LogP contribution is -2.40. The van der Waals surface area contributed by atoms with E-state index in [0.717, 1.165) is 18.8 Å². The van der Waals surface area contributed by atoms with Gasteiger partial charge in [-0.1, -0.05) is 12.8 Å². The van der Waals surface area contributed by atoms with Crippen LogP contribution in [-0.2, 0) is 9.47 Å². The Kier molecular flexibility index (Phi) is 8.18. The summed E-state index contributed by atoms with van der Waals surface area (Å²) in [4.78, 5) is 11.6. The summed E-state index contributed by atoms with van der Waals surface area (Å²) in [5, 5.41) is 6.45. The zero-order chi connectivity index (χ0) is 16.6. The minimum absolute atomic E-state index is 0.342. The second kappa shape index (κ2) is 9.36. The summed E-state index contributed by atoms with van der Waals surface area (Å²) in [5.41, 5.74) is -0.442. The van der Waals surface area contributed by atoms with Crippen molar-refractivity contribution in [2.24, 2.45) is 5.92 Å². The zero-order valence-electron chi connectivity index (χ0n) is 14.9. The second-order valence-electron chi connectivity index (χ2n) is 7.47. The van der Waals surface area contributed by atoms with Crippen molar-refractivity contribution in [2.45, 2.75) is 77.5 Å². The smallest absolute Gasteiger partial charge is 0.407 e. The molecule has 0 radical (unpaired) electrons. The lowest BCUT2D eigenvalue weighted by molar-refractivity contribution is 0.0526. The van der Waals surface area contributed by atoms with Crippen LogP contribution in [0.2, 0.25) is 0 Å². The monoisotopic (exact) mass is 314 g/mol. The average molecular weight is 314 g/mol. The molecule has 5 heteroatoms. The molecule has 1 fully saturated rings. The largest absolute Gasteiger partial charge is 0.444 e. The van der Waals surface area contributed by atoms with Crippen LogP contribution >= 0.6 is 0 Å². The van der Waals surface area contributed by atoms with Gasteiger partial charge in [-0.3, -0.25) is 0 Å². The minimum atomic E-state index is -0.442. The summed E-state index contributed by atoms with van der Waals surface area (Å²) in [5.74, 6) is 0.930. The van der Waals surface area contributed by atoms with E-state index < -0.39 is 5.60 Å². The first-order valence-electron chi connectivity index (χ1n) is 8.52. The molecule has 2 N–H and O–H groups in total. The molecule has 0 aromatic carbocycles. The summed E-state index contributed by atoms with van der Waals surface area (Å²) in [6, 6.07) is 0.880. The molecule has 0 bridgehead atoms. The molecule has 2 unspecified atom stereocenters. The van der Waals surface area contributed by atoms with E-state index in [9.17, 15) is 4.79 Å². The molecule has 1 aliphatic rings. The predicted octanol–water partition coefficient (Wildman–Crippen LogP) is 3.08. The van der Waals surface area contributed by atoms with E-state index in [4.69, 9.17) is 9.47 Å². The number of ether oxygens (including phenoxy) is 2. The van der Waals surface area contributed by atoms with Gasteiger partial charge in [-0.05, 0) is 52.9 Å². The van der Waals surface area contributed by atoms with Crippen LogP contribution < -0.4 is 10.6 Å². The van der Waals surface area contributed by atoms with Gasteiger partial charge in [0.25, 0.3) is 0 Å². The first-order chi connectivity index (χ1) is 10.3. The molecular formula is C17H34N2O3. The molecule has 0 spiro atoms. The summed E-state index contributed by atoms with van der Waals surface area (Å²) in [7, 11) is 1.74. The van der Waals surface area contributed by atoms with Crippen LogP contribution in [0.3, 0.4) is 0 Å². The molecule has 0 aliphatic heterocycles. The molecule has 130 valence electrons. The highest BCUT2D eigenvalue weighted by molar-refractivity contribution is 5.67. The zero-order valence-corrected chi connectivity index (χ0v) is 14.9. The Morgan fingerprint density at radius 3 is 2.55 bits per heavy atom. The minimum Gasteiger partial charge on any atom is -0.444 e. The predicted molar refractivity (Wildman–Crippen MR) is 89.1 cm³/mol. The molecule has 1 saturated carbocycles. The van der Waals surface area contributed by atoms with Crippen LogP contribution in [0, 0.1) is 5.92 Å². The topological polar surface area (TPSA) is 59.6 Å². The highest BCUT2D eigenvalue weighted by Gasteiger charge is 2.24. The summed E-state index contributed by atoms with van der Waals surface area (Å²) < 4.78 is 10.5. The number of hydrogen-bond acceptors (Lipinski definition) is 4. The summed E-state index contributed by atoms with van der Waals surface area (Å²) >= 11 is 0. The van der Waals surface area contributed by atoms with Gasteiger partial charge < -0.3 is 20.1 Å². The van der Waals surface area contributed by atoms with Crippen LogP contribution in [0.4, 0.5) is 4.79 Å². The van der Waals surface area contributed by atoms with Crippen LogP contribution in [0.5, 0.6) is 0 Å². The third kappa shape index (κ3) is 10.0. The van der Waals surface area contributed by atoms with E-state index in [1.165, 1.54) is 19.3 Å². The number of carbonyl (C=O) groups excluding carboxylic acids is 1. The summed E-state index contributed by atoms with van der Waals surface area (Å²) in [6.45, 7) is 9.19. The van der Waals surface area contributed by atoms with Crippen molar-refractivity contribution in [1.29, 1.82) is 0 Å². The number of carbonyl (C=O) groups is 1. The highest BCUT2D eigenvalue weighted by atomic mass is 16.6. The Balaban J connectivity index is 2.15. The van der Waals surface area contributed by atoms with Gasteiger partial charge in [0.15, 0.2) is 0 Å². The van der Waals surface area contributed by atoms with Crippen molar-refractivity contribution in [1.82, 2.24) is 10.6 Å². The van der Waals surface area contributed by atoms with Gasteiger partial charge in [0.1, 0.15) is 5.60 Å². The van der Waals surface area contributed by atoms with Gasteiger partial charge in [0.05, 0.1) is 6.61 Å². The number of rotatable bonds is 10. The Bertz CT molecular complexity index is 324. The third-order valence-corrected chi connectivity index (χ3v) is 3.67. The molecule has 0 heterocycles. The van der Waals surface area contributed by atoms with Gasteiger partial charge >= 0.3 is 6.09 Å². The van der Waals surface area contributed by atoms with Gasteiger partial charge in [-0.2, -0.15) is 0 Å². The molecule has 2 atom stereocenters. The van der Waals surface area contributed by atoms with Crippen LogP contribution in [0.25, 0.3) is 0 Å². The van der Waals surface area contributed by atoms with E-state index in [0.29, 0.717) is 25.2 Å². The molecule has 0 aromatic heterocycles. The van der Waals surface area contributed by atoms with Crippen molar-refractivity contribution >= 4 is 6.09 Å². The van der Waals surface area contributed by atoms with E-state index in [-0.39, 0.29) is 6.09 Å². The van der Waals surface area contributed by atoms with Crippen LogP contribution in [0.1, 0.15) is 59.8 Å². The van der Waals surface area contributed by atoms with E-state index in [2.05, 4.69) is 17.6 Å². The van der Waals surface area contributed by atoms with Gasteiger partial charge in [0.2, 0.25) is 0 Å². The Morgan fingerprint density at radius 2 is 2.00 bits per heavy atom. The van der Waals surface area contributed by atoms with Crippen LogP contribution in [0.15, 0.2) is 0 Å². The number of methoxy groups -OCH3 is 1. The van der Waals surface area contributed by atoms with Gasteiger partial charge in [-0.25, -0.2) is 4.79 Å². The lowest BCUT2D eigenvalue weighted by Gasteiger charge is -2.23. The number of alkyl carbamates (subject to hydrolysis) is 1. The van der Waals surface area contributed by atoms with Crippen molar-refractivity contribution in [3.63, 3.8) is 0 Å². The van der Waals surface area contributed by atoms with Crippen molar-refractivity contribution < 1.29 is 14.3 Å². The van der Waals surface area contributed by atoms with Crippen molar-refractivity contribution in [3.8, 4) is 0 Å². The number of hydrogen-bond donors (Lipinski definition) is 2. The molecule has 5 nitrogen and oxygen atoms in total.